The first-order valence-electron chi connectivity index (χ1n) is 14.6. The summed E-state index contributed by atoms with van der Waals surface area (Å²) in [6.45, 7) is 11.8. The van der Waals surface area contributed by atoms with E-state index in [9.17, 15) is 14.4 Å². The molecule has 11 heteroatoms. The van der Waals surface area contributed by atoms with E-state index in [2.05, 4.69) is 27.1 Å². The van der Waals surface area contributed by atoms with Crippen molar-refractivity contribution in [2.24, 2.45) is 11.8 Å². The number of likely N-dealkylation sites (tertiary alicyclic amines) is 1. The number of thiazole rings is 1. The number of aromatic nitrogens is 1. The van der Waals surface area contributed by atoms with Crippen molar-refractivity contribution in [2.75, 3.05) is 51.3 Å². The van der Waals surface area contributed by atoms with Crippen molar-refractivity contribution in [3.8, 4) is 11.3 Å². The summed E-state index contributed by atoms with van der Waals surface area (Å²) in [6, 6.07) is 2.81. The van der Waals surface area contributed by atoms with Crippen molar-refractivity contribution in [1.29, 1.82) is 0 Å². The lowest BCUT2D eigenvalue weighted by molar-refractivity contribution is -0.138. The van der Waals surface area contributed by atoms with Gasteiger partial charge in [0.05, 0.1) is 11.8 Å². The second kappa shape index (κ2) is 12.6. The number of rotatable bonds is 8. The lowest BCUT2D eigenvalue weighted by Gasteiger charge is -2.32. The molecule has 4 heterocycles. The first kappa shape index (κ1) is 30.3. The minimum Gasteiger partial charge on any atom is -0.367 e. The molecule has 4 atom stereocenters. The average Bonchev–Trinajstić information content (AvgIpc) is 3.69. The van der Waals surface area contributed by atoms with Crippen molar-refractivity contribution in [1.82, 2.24) is 20.1 Å². The molecule has 0 spiro atoms. The second-order valence-electron chi connectivity index (χ2n) is 12.0. The van der Waals surface area contributed by atoms with Gasteiger partial charge in [-0.25, -0.2) is 9.37 Å². The highest BCUT2D eigenvalue weighted by molar-refractivity contribution is 7.14. The molecule has 1 aromatic heterocycles. The number of nitrogens with zero attached hydrogens (tertiary/aromatic N) is 4. The Bertz CT molecular complexity index is 1370. The highest BCUT2D eigenvalue weighted by Gasteiger charge is 2.53. The molecule has 0 saturated carbocycles. The number of amides is 2. The first-order valence-corrected chi connectivity index (χ1v) is 15.5. The number of nitrogens with one attached hydrogen (secondary N) is 1. The molecule has 5 rings (SSSR count). The van der Waals surface area contributed by atoms with Gasteiger partial charge in [-0.05, 0) is 51.4 Å². The molecule has 9 nitrogen and oxygen atoms in total. The summed E-state index contributed by atoms with van der Waals surface area (Å²) < 4.78 is 21.1. The van der Waals surface area contributed by atoms with Crippen molar-refractivity contribution in [3.63, 3.8) is 0 Å². The normalized spacial score (nSPS) is 23.9. The number of likely N-dealkylation sites (N-methyl/N-ethyl adjacent to an activating group) is 1. The number of carbonyl (C=O) groups excluding carboxylic acids is 3. The van der Waals surface area contributed by atoms with Crippen LogP contribution in [-0.4, -0.2) is 96.9 Å². The number of carbonyl (C=O) groups is 3. The summed E-state index contributed by atoms with van der Waals surface area (Å²) in [5, 5.41) is 5.54. The number of allylic oxidation sites excluding steroid dienone is 1. The lowest BCUT2D eigenvalue weighted by atomic mass is 9.94. The van der Waals surface area contributed by atoms with Crippen molar-refractivity contribution in [2.45, 2.75) is 52.3 Å². The molecule has 3 fully saturated rings. The summed E-state index contributed by atoms with van der Waals surface area (Å²) in [6.07, 6.45) is 1.98. The van der Waals surface area contributed by atoms with Crippen LogP contribution >= 0.6 is 11.3 Å². The standard InChI is InChI=1S/C31H40FN5O4S/c1-6-19(4)22-15-37(27-26(38)16-41-28(22)27)30(40)24(13-18(2)3)33-29(39)20-7-8-21(23(32)14-20)25-17-42-31(34-25)36-11-9-35(5)10-12-36/h6-8,14,17-18,22,24,27-28H,9-13,15-16H2,1-5H3,(H,33,39)/b19-6+. The van der Waals surface area contributed by atoms with Gasteiger partial charge in [-0.1, -0.05) is 25.5 Å². The van der Waals surface area contributed by atoms with Crippen LogP contribution in [0.1, 0.15) is 44.5 Å². The molecule has 0 bridgehead atoms. The van der Waals surface area contributed by atoms with Gasteiger partial charge in [0.2, 0.25) is 5.91 Å². The van der Waals surface area contributed by atoms with Crippen LogP contribution in [0.2, 0.25) is 0 Å². The Kier molecular flexibility index (Phi) is 9.10. The predicted molar refractivity (Wildman–Crippen MR) is 161 cm³/mol. The van der Waals surface area contributed by atoms with Crippen LogP contribution in [0.15, 0.2) is 35.2 Å². The van der Waals surface area contributed by atoms with E-state index in [1.54, 1.807) is 17.0 Å². The lowest BCUT2D eigenvalue weighted by Crippen LogP contribution is -2.52. The number of fused-ring (bicyclic) bond motifs is 1. The summed E-state index contributed by atoms with van der Waals surface area (Å²) in [5.74, 6) is -1.50. The zero-order valence-corrected chi connectivity index (χ0v) is 25.7. The number of piperazine rings is 1. The first-order chi connectivity index (χ1) is 20.1. The van der Waals surface area contributed by atoms with E-state index in [0.29, 0.717) is 24.2 Å². The van der Waals surface area contributed by atoms with Crippen molar-refractivity contribution in [3.05, 3.63) is 46.6 Å². The Morgan fingerprint density at radius 1 is 1.24 bits per heavy atom. The fraction of sp³-hybridized carbons (Fsp3) is 0.548. The zero-order chi connectivity index (χ0) is 30.1. The van der Waals surface area contributed by atoms with Crippen LogP contribution in [0.5, 0.6) is 0 Å². The van der Waals surface area contributed by atoms with Crippen LogP contribution in [0.25, 0.3) is 11.3 Å². The number of Topliss-reactive ketones (excluding diaryl/α,β-unsaturated/α-hetero) is 1. The monoisotopic (exact) mass is 597 g/mol. The van der Waals surface area contributed by atoms with Gasteiger partial charge in [0, 0.05) is 55.1 Å². The van der Waals surface area contributed by atoms with E-state index in [-0.39, 0.29) is 41.8 Å². The van der Waals surface area contributed by atoms with E-state index in [0.717, 1.165) is 36.9 Å². The minimum atomic E-state index is -0.858. The van der Waals surface area contributed by atoms with E-state index in [4.69, 9.17) is 4.74 Å². The van der Waals surface area contributed by atoms with Gasteiger partial charge in [-0.15, -0.1) is 11.3 Å². The maximum atomic E-state index is 15.3. The molecule has 3 saturated heterocycles. The molecule has 3 aliphatic rings. The molecule has 2 amide bonds. The second-order valence-corrected chi connectivity index (χ2v) is 12.8. The smallest absolute Gasteiger partial charge is 0.252 e. The number of hydrogen-bond acceptors (Lipinski definition) is 8. The predicted octanol–water partition coefficient (Wildman–Crippen LogP) is 3.61. The van der Waals surface area contributed by atoms with Gasteiger partial charge < -0.3 is 24.8 Å². The summed E-state index contributed by atoms with van der Waals surface area (Å²) in [7, 11) is 2.09. The number of ketones is 1. The van der Waals surface area contributed by atoms with Crippen LogP contribution in [0, 0.1) is 17.7 Å². The fourth-order valence-corrected chi connectivity index (χ4v) is 6.91. The SMILES string of the molecule is C/C=C(\C)C1CN(C(=O)C(CC(C)C)NC(=O)c2ccc(-c3csc(N4CCN(C)CC4)n3)c(F)c2)C2C(=O)COC12. The minimum absolute atomic E-state index is 0.0186. The van der Waals surface area contributed by atoms with Crippen LogP contribution in [0.4, 0.5) is 9.52 Å². The van der Waals surface area contributed by atoms with E-state index in [1.807, 2.05) is 39.2 Å². The average molecular weight is 598 g/mol. The molecule has 42 heavy (non-hydrogen) atoms. The number of hydrogen-bond donors (Lipinski definition) is 1. The Balaban J connectivity index is 1.31. The van der Waals surface area contributed by atoms with Gasteiger partial charge in [-0.3, -0.25) is 14.4 Å². The summed E-state index contributed by atoms with van der Waals surface area (Å²) in [5.41, 5.74) is 2.04. The summed E-state index contributed by atoms with van der Waals surface area (Å²) in [4.78, 5) is 50.6. The van der Waals surface area contributed by atoms with E-state index >= 15 is 4.39 Å². The number of halogens is 1. The van der Waals surface area contributed by atoms with Crippen LogP contribution < -0.4 is 10.2 Å². The maximum Gasteiger partial charge on any atom is 0.252 e. The third kappa shape index (κ3) is 6.14. The summed E-state index contributed by atoms with van der Waals surface area (Å²) >= 11 is 1.48. The van der Waals surface area contributed by atoms with E-state index < -0.39 is 23.8 Å². The Morgan fingerprint density at radius 2 is 1.98 bits per heavy atom. The molecule has 1 N–H and O–H groups in total. The van der Waals surface area contributed by atoms with E-state index in [1.165, 1.54) is 17.4 Å². The Labute approximate surface area is 250 Å². The molecular formula is C31H40FN5O4S. The van der Waals surface area contributed by atoms with Gasteiger partial charge in [0.1, 0.15) is 24.5 Å². The molecule has 0 radical (unpaired) electrons. The maximum absolute atomic E-state index is 15.3. The number of benzene rings is 1. The highest BCUT2D eigenvalue weighted by Crippen LogP contribution is 2.36. The van der Waals surface area contributed by atoms with Crippen molar-refractivity contribution < 1.29 is 23.5 Å². The molecule has 4 unspecified atom stereocenters. The highest BCUT2D eigenvalue weighted by atomic mass is 32.1. The van der Waals surface area contributed by atoms with Crippen molar-refractivity contribution >= 4 is 34.1 Å². The number of ether oxygens (including phenoxy) is 1. The van der Waals surface area contributed by atoms with Gasteiger partial charge in [0.25, 0.3) is 5.91 Å². The Morgan fingerprint density at radius 3 is 2.64 bits per heavy atom. The topological polar surface area (TPSA) is 95.1 Å². The molecular weight excluding hydrogens is 557 g/mol. The third-order valence-corrected chi connectivity index (χ3v) is 9.49. The fourth-order valence-electron chi connectivity index (χ4n) is 6.03. The molecule has 3 aliphatic heterocycles. The van der Waals surface area contributed by atoms with Gasteiger partial charge in [0.15, 0.2) is 10.9 Å². The van der Waals surface area contributed by atoms with Crippen LogP contribution in [-0.2, 0) is 14.3 Å². The third-order valence-electron chi connectivity index (χ3n) is 8.59. The largest absolute Gasteiger partial charge is 0.367 e. The molecule has 0 aliphatic carbocycles. The quantitative estimate of drug-likeness (QED) is 0.465. The van der Waals surface area contributed by atoms with Gasteiger partial charge >= 0.3 is 0 Å². The molecule has 226 valence electrons. The molecule has 2 aromatic rings. The number of anilines is 1. The molecule has 1 aromatic carbocycles. The van der Waals surface area contributed by atoms with Crippen LogP contribution in [0.3, 0.4) is 0 Å². The van der Waals surface area contributed by atoms with Gasteiger partial charge in [-0.2, -0.15) is 0 Å². The Hall–Kier alpha value is -3.15. The zero-order valence-electron chi connectivity index (χ0n) is 24.9.